The van der Waals surface area contributed by atoms with Gasteiger partial charge in [0.2, 0.25) is 0 Å². The number of fused-ring (bicyclic) bond motifs is 2. The molecule has 25 heavy (non-hydrogen) atoms. The third-order valence-corrected chi connectivity index (χ3v) is 4.93. The van der Waals surface area contributed by atoms with Crippen molar-refractivity contribution in [3.63, 3.8) is 0 Å². The fraction of sp³-hybridized carbons (Fsp3) is 0.368. The number of aromatic nitrogens is 4. The Balaban J connectivity index is 1.44. The minimum absolute atomic E-state index is 0.277. The average molecular weight is 335 g/mol. The summed E-state index contributed by atoms with van der Waals surface area (Å²) in [6.45, 7) is 5.66. The van der Waals surface area contributed by atoms with E-state index in [4.69, 9.17) is 9.84 Å². The summed E-state index contributed by atoms with van der Waals surface area (Å²) in [5, 5.41) is 8.12. The van der Waals surface area contributed by atoms with Gasteiger partial charge in [-0.15, -0.1) is 0 Å². The van der Waals surface area contributed by atoms with Crippen molar-refractivity contribution in [2.45, 2.75) is 39.1 Å². The van der Waals surface area contributed by atoms with Crippen LogP contribution in [0.15, 0.2) is 36.7 Å². The molecule has 128 valence electrons. The number of ether oxygens (including phenoxy) is 1. The van der Waals surface area contributed by atoms with E-state index >= 15 is 0 Å². The maximum absolute atomic E-state index is 5.80. The van der Waals surface area contributed by atoms with Crippen LogP contribution in [0.1, 0.15) is 23.7 Å². The molecule has 0 saturated heterocycles. The van der Waals surface area contributed by atoms with Gasteiger partial charge < -0.3 is 14.6 Å². The van der Waals surface area contributed by atoms with E-state index in [1.54, 1.807) is 0 Å². The van der Waals surface area contributed by atoms with Crippen LogP contribution in [0.25, 0.3) is 11.5 Å². The van der Waals surface area contributed by atoms with Crippen molar-refractivity contribution in [1.82, 2.24) is 24.6 Å². The zero-order chi connectivity index (χ0) is 16.8. The first-order valence-corrected chi connectivity index (χ1v) is 8.84. The highest BCUT2D eigenvalue weighted by atomic mass is 16.5. The molecule has 6 nitrogen and oxygen atoms in total. The molecule has 6 heteroatoms. The Kier molecular flexibility index (Phi) is 3.38. The summed E-state index contributed by atoms with van der Waals surface area (Å²) in [4.78, 5) is 4.55. The van der Waals surface area contributed by atoms with Gasteiger partial charge in [0.05, 0.1) is 12.2 Å². The van der Waals surface area contributed by atoms with Crippen LogP contribution in [0.2, 0.25) is 0 Å². The van der Waals surface area contributed by atoms with Gasteiger partial charge in [0.15, 0.2) is 5.82 Å². The fourth-order valence-electron chi connectivity index (χ4n) is 3.74. The normalized spacial score (nSPS) is 18.7. The fourth-order valence-corrected chi connectivity index (χ4v) is 3.74. The number of nitrogens with one attached hydrogen (secondary N) is 1. The van der Waals surface area contributed by atoms with E-state index in [1.165, 1.54) is 16.8 Å². The Morgan fingerprint density at radius 2 is 2.28 bits per heavy atom. The van der Waals surface area contributed by atoms with Crippen molar-refractivity contribution in [3.8, 4) is 17.3 Å². The van der Waals surface area contributed by atoms with E-state index in [0.29, 0.717) is 0 Å². The molecule has 2 aromatic heterocycles. The first-order valence-electron chi connectivity index (χ1n) is 8.84. The molecule has 2 aliphatic rings. The van der Waals surface area contributed by atoms with Crippen molar-refractivity contribution < 1.29 is 4.74 Å². The van der Waals surface area contributed by atoms with Crippen LogP contribution in [-0.2, 0) is 26.1 Å². The Labute approximate surface area is 146 Å². The lowest BCUT2D eigenvalue weighted by Crippen LogP contribution is -2.28. The first kappa shape index (κ1) is 14.7. The van der Waals surface area contributed by atoms with Gasteiger partial charge in [0, 0.05) is 38.4 Å². The molecule has 0 spiro atoms. The zero-order valence-corrected chi connectivity index (χ0v) is 14.3. The molecule has 1 N–H and O–H groups in total. The number of benzene rings is 1. The van der Waals surface area contributed by atoms with Crippen molar-refractivity contribution in [3.05, 3.63) is 53.5 Å². The number of imidazole rings is 1. The number of rotatable bonds is 3. The van der Waals surface area contributed by atoms with Gasteiger partial charge in [0.1, 0.15) is 17.5 Å². The molecule has 1 atom stereocenters. The highest BCUT2D eigenvalue weighted by molar-refractivity contribution is 5.51. The molecule has 4 heterocycles. The van der Waals surface area contributed by atoms with Gasteiger partial charge in [-0.25, -0.2) is 4.98 Å². The standard InChI is InChI=1S/C19H21N5O/c1-13-8-15-9-14(2-3-18(15)25-13)12-23-6-5-21-19(23)17-10-16-11-20-4-7-24(16)22-17/h2-3,5-6,9-10,13,20H,4,7-8,11-12H2,1H3. The molecule has 1 aromatic carbocycles. The summed E-state index contributed by atoms with van der Waals surface area (Å²) in [5.41, 5.74) is 4.73. The second-order valence-corrected chi connectivity index (χ2v) is 6.87. The molecule has 3 aromatic rings. The van der Waals surface area contributed by atoms with Gasteiger partial charge in [-0.1, -0.05) is 12.1 Å². The van der Waals surface area contributed by atoms with Crippen LogP contribution in [-0.4, -0.2) is 32.0 Å². The molecule has 0 saturated carbocycles. The Morgan fingerprint density at radius 3 is 3.20 bits per heavy atom. The lowest BCUT2D eigenvalue weighted by molar-refractivity contribution is 0.254. The summed E-state index contributed by atoms with van der Waals surface area (Å²) in [7, 11) is 0. The first-order chi connectivity index (χ1) is 12.3. The summed E-state index contributed by atoms with van der Waals surface area (Å²) in [5.74, 6) is 1.95. The lowest BCUT2D eigenvalue weighted by Gasteiger charge is -2.13. The molecule has 5 rings (SSSR count). The second-order valence-electron chi connectivity index (χ2n) is 6.87. The second kappa shape index (κ2) is 5.74. The smallest absolute Gasteiger partial charge is 0.160 e. The van der Waals surface area contributed by atoms with Crippen molar-refractivity contribution in [1.29, 1.82) is 0 Å². The topological polar surface area (TPSA) is 56.9 Å². The summed E-state index contributed by atoms with van der Waals surface area (Å²) in [6, 6.07) is 8.63. The number of hydrogen-bond acceptors (Lipinski definition) is 4. The molecule has 0 fully saturated rings. The minimum atomic E-state index is 0.277. The molecular formula is C19H21N5O. The number of nitrogens with zero attached hydrogens (tertiary/aromatic N) is 4. The molecule has 0 radical (unpaired) electrons. The van der Waals surface area contributed by atoms with Gasteiger partial charge in [-0.3, -0.25) is 4.68 Å². The van der Waals surface area contributed by atoms with Crippen molar-refractivity contribution >= 4 is 0 Å². The van der Waals surface area contributed by atoms with Crippen LogP contribution >= 0.6 is 0 Å². The van der Waals surface area contributed by atoms with Crippen LogP contribution in [0.5, 0.6) is 5.75 Å². The monoisotopic (exact) mass is 335 g/mol. The molecule has 0 aliphatic carbocycles. The maximum Gasteiger partial charge on any atom is 0.160 e. The third kappa shape index (κ3) is 2.62. The summed E-state index contributed by atoms with van der Waals surface area (Å²) >= 11 is 0. The van der Waals surface area contributed by atoms with Crippen molar-refractivity contribution in [2.75, 3.05) is 6.54 Å². The van der Waals surface area contributed by atoms with Gasteiger partial charge in [0.25, 0.3) is 0 Å². The molecule has 1 unspecified atom stereocenters. The SMILES string of the molecule is CC1Cc2cc(Cn3ccnc3-c3cc4n(n3)CCNC4)ccc2O1. The minimum Gasteiger partial charge on any atom is -0.490 e. The van der Waals surface area contributed by atoms with Crippen molar-refractivity contribution in [2.24, 2.45) is 0 Å². The van der Waals surface area contributed by atoms with Gasteiger partial charge in [-0.2, -0.15) is 5.10 Å². The van der Waals surface area contributed by atoms with Crippen LogP contribution in [0.4, 0.5) is 0 Å². The van der Waals surface area contributed by atoms with Gasteiger partial charge >= 0.3 is 0 Å². The van der Waals surface area contributed by atoms with E-state index in [0.717, 1.165) is 49.9 Å². The molecule has 0 bridgehead atoms. The van der Waals surface area contributed by atoms with Gasteiger partial charge in [-0.05, 0) is 30.2 Å². The highest BCUT2D eigenvalue weighted by Gasteiger charge is 2.20. The quantitative estimate of drug-likeness (QED) is 0.797. The third-order valence-electron chi connectivity index (χ3n) is 4.93. The average Bonchev–Trinajstić information content (AvgIpc) is 3.30. The van der Waals surface area contributed by atoms with Crippen LogP contribution in [0, 0.1) is 0 Å². The predicted molar refractivity (Wildman–Crippen MR) is 94.5 cm³/mol. The predicted octanol–water partition coefficient (Wildman–Crippen LogP) is 2.22. The van der Waals surface area contributed by atoms with E-state index < -0.39 is 0 Å². The molecule has 0 amide bonds. The van der Waals surface area contributed by atoms with Crippen LogP contribution in [0.3, 0.4) is 0 Å². The number of hydrogen-bond donors (Lipinski definition) is 1. The Bertz CT molecular complexity index is 902. The zero-order valence-electron chi connectivity index (χ0n) is 14.3. The Morgan fingerprint density at radius 1 is 1.32 bits per heavy atom. The summed E-state index contributed by atoms with van der Waals surface area (Å²) in [6.07, 6.45) is 5.14. The molecular weight excluding hydrogens is 314 g/mol. The maximum atomic E-state index is 5.80. The van der Waals surface area contributed by atoms with E-state index in [1.807, 2.05) is 12.4 Å². The summed E-state index contributed by atoms with van der Waals surface area (Å²) < 4.78 is 10.1. The largest absolute Gasteiger partial charge is 0.490 e. The van der Waals surface area contributed by atoms with Crippen LogP contribution < -0.4 is 10.1 Å². The highest BCUT2D eigenvalue weighted by Crippen LogP contribution is 2.30. The Hall–Kier alpha value is -2.60. The van der Waals surface area contributed by atoms with E-state index in [-0.39, 0.29) is 6.10 Å². The lowest BCUT2D eigenvalue weighted by atomic mass is 10.1. The van der Waals surface area contributed by atoms with E-state index in [2.05, 4.69) is 50.7 Å². The van der Waals surface area contributed by atoms with E-state index in [9.17, 15) is 0 Å². The molecule has 2 aliphatic heterocycles.